The van der Waals surface area contributed by atoms with E-state index in [1.165, 1.54) is 5.56 Å². The maximum Gasteiger partial charge on any atom is 0.191 e. The van der Waals surface area contributed by atoms with Crippen LogP contribution in [0.25, 0.3) is 0 Å². The molecule has 2 heterocycles. The summed E-state index contributed by atoms with van der Waals surface area (Å²) in [6.45, 7) is 16.0. The SMILES string of the molecule is CCNC(=NCC(C)(C)c1ccc2c(c1)OCCO2)NCC(C)N1CCOCC1.I. The normalized spacial score (nSPS) is 18.3. The molecule has 0 saturated carbocycles. The maximum atomic E-state index is 5.75. The molecule has 3 rings (SSSR count). The van der Waals surface area contributed by atoms with E-state index in [-0.39, 0.29) is 29.4 Å². The number of nitrogens with one attached hydrogen (secondary N) is 2. The van der Waals surface area contributed by atoms with Crippen molar-refractivity contribution in [3.05, 3.63) is 23.8 Å². The number of benzene rings is 1. The molecule has 1 unspecified atom stereocenters. The third-order valence-corrected chi connectivity index (χ3v) is 5.53. The summed E-state index contributed by atoms with van der Waals surface area (Å²) in [6.07, 6.45) is 0. The summed E-state index contributed by atoms with van der Waals surface area (Å²) in [5, 5.41) is 6.87. The molecule has 1 fully saturated rings. The number of ether oxygens (including phenoxy) is 3. The van der Waals surface area contributed by atoms with Crippen molar-refractivity contribution in [3.63, 3.8) is 0 Å². The molecule has 30 heavy (non-hydrogen) atoms. The minimum atomic E-state index is -0.117. The third-order valence-electron chi connectivity index (χ3n) is 5.53. The summed E-state index contributed by atoms with van der Waals surface area (Å²) >= 11 is 0. The summed E-state index contributed by atoms with van der Waals surface area (Å²) in [6, 6.07) is 6.64. The van der Waals surface area contributed by atoms with Crippen LogP contribution in [-0.2, 0) is 10.2 Å². The highest BCUT2D eigenvalue weighted by atomic mass is 127. The van der Waals surface area contributed by atoms with Gasteiger partial charge in [-0.1, -0.05) is 19.9 Å². The van der Waals surface area contributed by atoms with Crippen LogP contribution in [0.15, 0.2) is 23.2 Å². The lowest BCUT2D eigenvalue weighted by atomic mass is 9.84. The lowest BCUT2D eigenvalue weighted by Crippen LogP contribution is -2.49. The molecule has 0 aromatic heterocycles. The van der Waals surface area contributed by atoms with Crippen LogP contribution in [0.3, 0.4) is 0 Å². The zero-order valence-corrected chi connectivity index (χ0v) is 21.0. The summed E-state index contributed by atoms with van der Waals surface area (Å²) in [5.74, 6) is 2.51. The van der Waals surface area contributed by atoms with E-state index in [2.05, 4.69) is 55.4 Å². The van der Waals surface area contributed by atoms with E-state index in [0.29, 0.717) is 25.8 Å². The summed E-state index contributed by atoms with van der Waals surface area (Å²) < 4.78 is 16.8. The molecule has 0 amide bonds. The second kappa shape index (κ2) is 12.0. The molecule has 170 valence electrons. The number of fused-ring (bicyclic) bond motifs is 1. The van der Waals surface area contributed by atoms with Crippen LogP contribution in [0.1, 0.15) is 33.3 Å². The molecule has 0 aliphatic carbocycles. The summed E-state index contributed by atoms with van der Waals surface area (Å²) in [5.41, 5.74) is 1.08. The van der Waals surface area contributed by atoms with E-state index >= 15 is 0 Å². The lowest BCUT2D eigenvalue weighted by molar-refractivity contribution is 0.0211. The van der Waals surface area contributed by atoms with Gasteiger partial charge < -0.3 is 24.8 Å². The standard InChI is InChI=1S/C22H36N4O3.HI/c1-5-23-21(24-15-17(2)26-8-10-27-11-9-26)25-16-22(3,4)18-6-7-19-20(14-18)29-13-12-28-19;/h6-7,14,17H,5,8-13,15-16H2,1-4H3,(H2,23,24,25);1H. The van der Waals surface area contributed by atoms with Crippen LogP contribution in [0.5, 0.6) is 11.5 Å². The average Bonchev–Trinajstić information content (AvgIpc) is 2.75. The Morgan fingerprint density at radius 2 is 1.80 bits per heavy atom. The Labute approximate surface area is 197 Å². The number of morpholine rings is 1. The first-order valence-electron chi connectivity index (χ1n) is 10.7. The van der Waals surface area contributed by atoms with Crippen molar-refractivity contribution in [2.75, 3.05) is 59.2 Å². The lowest BCUT2D eigenvalue weighted by Gasteiger charge is -2.32. The Morgan fingerprint density at radius 1 is 1.10 bits per heavy atom. The molecule has 2 aliphatic rings. The van der Waals surface area contributed by atoms with Gasteiger partial charge in [-0.05, 0) is 31.5 Å². The van der Waals surface area contributed by atoms with Crippen LogP contribution in [0.2, 0.25) is 0 Å². The fourth-order valence-electron chi connectivity index (χ4n) is 3.57. The number of hydrogen-bond donors (Lipinski definition) is 2. The zero-order chi connectivity index (χ0) is 20.7. The van der Waals surface area contributed by atoms with E-state index in [0.717, 1.165) is 56.9 Å². The van der Waals surface area contributed by atoms with Gasteiger partial charge in [-0.2, -0.15) is 0 Å². The van der Waals surface area contributed by atoms with Crippen molar-refractivity contribution >= 4 is 29.9 Å². The number of guanidine groups is 1. The van der Waals surface area contributed by atoms with Crippen LogP contribution >= 0.6 is 24.0 Å². The van der Waals surface area contributed by atoms with Crippen LogP contribution in [0, 0.1) is 0 Å². The molecule has 2 aliphatic heterocycles. The molecule has 0 radical (unpaired) electrons. The van der Waals surface area contributed by atoms with Gasteiger partial charge in [0.15, 0.2) is 17.5 Å². The largest absolute Gasteiger partial charge is 0.486 e. The van der Waals surface area contributed by atoms with Gasteiger partial charge in [0.05, 0.1) is 19.8 Å². The van der Waals surface area contributed by atoms with Gasteiger partial charge in [0.1, 0.15) is 13.2 Å². The van der Waals surface area contributed by atoms with Crippen molar-refractivity contribution in [1.82, 2.24) is 15.5 Å². The molecular formula is C22H37IN4O3. The van der Waals surface area contributed by atoms with Crippen LogP contribution < -0.4 is 20.1 Å². The molecule has 1 aromatic rings. The second-order valence-corrected chi connectivity index (χ2v) is 8.32. The topological polar surface area (TPSA) is 67.4 Å². The van der Waals surface area contributed by atoms with Crippen LogP contribution in [-0.4, -0.2) is 76.1 Å². The van der Waals surface area contributed by atoms with Crippen molar-refractivity contribution in [2.24, 2.45) is 4.99 Å². The molecule has 1 atom stereocenters. The molecule has 0 spiro atoms. The fourth-order valence-corrected chi connectivity index (χ4v) is 3.57. The van der Waals surface area contributed by atoms with E-state index in [4.69, 9.17) is 19.2 Å². The molecule has 8 heteroatoms. The summed E-state index contributed by atoms with van der Waals surface area (Å²) in [4.78, 5) is 7.33. The molecular weight excluding hydrogens is 495 g/mol. The minimum absolute atomic E-state index is 0. The Morgan fingerprint density at radius 3 is 2.50 bits per heavy atom. The van der Waals surface area contributed by atoms with Crippen molar-refractivity contribution in [3.8, 4) is 11.5 Å². The zero-order valence-electron chi connectivity index (χ0n) is 18.7. The van der Waals surface area contributed by atoms with Gasteiger partial charge in [-0.25, -0.2) is 0 Å². The number of halogens is 1. The van der Waals surface area contributed by atoms with Gasteiger partial charge in [-0.3, -0.25) is 9.89 Å². The second-order valence-electron chi connectivity index (χ2n) is 8.32. The molecule has 7 nitrogen and oxygen atoms in total. The number of nitrogens with zero attached hydrogens (tertiary/aromatic N) is 2. The quantitative estimate of drug-likeness (QED) is 0.320. The first kappa shape index (κ1) is 25.0. The van der Waals surface area contributed by atoms with E-state index in [1.807, 2.05) is 6.07 Å². The predicted molar refractivity (Wildman–Crippen MR) is 132 cm³/mol. The Hall–Kier alpha value is -1.26. The van der Waals surface area contributed by atoms with E-state index in [1.54, 1.807) is 0 Å². The number of rotatable bonds is 7. The third kappa shape index (κ3) is 6.88. The summed E-state index contributed by atoms with van der Waals surface area (Å²) in [7, 11) is 0. The first-order valence-corrected chi connectivity index (χ1v) is 10.7. The van der Waals surface area contributed by atoms with Crippen molar-refractivity contribution in [2.45, 2.75) is 39.2 Å². The number of hydrogen-bond acceptors (Lipinski definition) is 5. The van der Waals surface area contributed by atoms with Gasteiger partial charge in [0.25, 0.3) is 0 Å². The first-order chi connectivity index (χ1) is 14.0. The van der Waals surface area contributed by atoms with Crippen molar-refractivity contribution in [1.29, 1.82) is 0 Å². The Balaban J connectivity index is 0.00000320. The van der Waals surface area contributed by atoms with E-state index in [9.17, 15) is 0 Å². The highest BCUT2D eigenvalue weighted by Gasteiger charge is 2.24. The number of aliphatic imine (C=N–C) groups is 1. The molecule has 1 saturated heterocycles. The van der Waals surface area contributed by atoms with Gasteiger partial charge in [0, 0.05) is 37.6 Å². The van der Waals surface area contributed by atoms with Gasteiger partial charge >= 0.3 is 0 Å². The Bertz CT molecular complexity index is 693. The fraction of sp³-hybridized carbons (Fsp3) is 0.682. The highest BCUT2D eigenvalue weighted by Crippen LogP contribution is 2.35. The van der Waals surface area contributed by atoms with Gasteiger partial charge in [-0.15, -0.1) is 24.0 Å². The highest BCUT2D eigenvalue weighted by molar-refractivity contribution is 14.0. The minimum Gasteiger partial charge on any atom is -0.486 e. The molecule has 2 N–H and O–H groups in total. The van der Waals surface area contributed by atoms with E-state index < -0.39 is 0 Å². The Kier molecular flexibility index (Phi) is 9.96. The van der Waals surface area contributed by atoms with Gasteiger partial charge in [0.2, 0.25) is 0 Å². The smallest absolute Gasteiger partial charge is 0.191 e. The van der Waals surface area contributed by atoms with Crippen LogP contribution in [0.4, 0.5) is 0 Å². The maximum absolute atomic E-state index is 5.75. The predicted octanol–water partition coefficient (Wildman–Crippen LogP) is 2.63. The average molecular weight is 532 g/mol. The molecule has 0 bridgehead atoms. The monoisotopic (exact) mass is 532 g/mol. The molecule has 1 aromatic carbocycles. The van der Waals surface area contributed by atoms with Crippen molar-refractivity contribution < 1.29 is 14.2 Å².